The van der Waals surface area contributed by atoms with Crippen molar-refractivity contribution in [2.75, 3.05) is 0 Å². The first kappa shape index (κ1) is 19.4. The number of carbonyl (C=O) groups is 3. The van der Waals surface area contributed by atoms with Crippen LogP contribution in [0.1, 0.15) is 45.0 Å². The Morgan fingerprint density at radius 3 is 2.58 bits per heavy atom. The Bertz CT molecular complexity index is 837. The molecule has 0 spiro atoms. The van der Waals surface area contributed by atoms with E-state index in [2.05, 4.69) is 20.9 Å². The van der Waals surface area contributed by atoms with Gasteiger partial charge in [0.25, 0.3) is 5.91 Å². The van der Waals surface area contributed by atoms with E-state index < -0.39 is 29.6 Å². The van der Waals surface area contributed by atoms with Crippen molar-refractivity contribution >= 4 is 28.9 Å². The number of amides is 3. The van der Waals surface area contributed by atoms with Gasteiger partial charge in [-0.2, -0.15) is 0 Å². The molecule has 0 radical (unpaired) electrons. The second kappa shape index (κ2) is 7.51. The molecule has 2 rings (SSSR count). The molecule has 9 heteroatoms. The van der Waals surface area contributed by atoms with Gasteiger partial charge in [-0.25, -0.2) is 14.3 Å². The monoisotopic (exact) mass is 361 g/mol. The fourth-order valence-corrected chi connectivity index (χ4v) is 2.20. The number of hydrogen-bond acceptors (Lipinski definition) is 6. The smallest absolute Gasteiger partial charge is 0.338 e. The number of aromatic nitrogens is 3. The van der Waals surface area contributed by atoms with Crippen molar-refractivity contribution in [1.82, 2.24) is 25.6 Å². The van der Waals surface area contributed by atoms with E-state index in [4.69, 9.17) is 4.74 Å². The normalized spacial score (nSPS) is 12.5. The van der Waals surface area contributed by atoms with Gasteiger partial charge in [-0.1, -0.05) is 5.21 Å². The molecule has 1 aromatic heterocycles. The van der Waals surface area contributed by atoms with Crippen LogP contribution in [0, 0.1) is 0 Å². The summed E-state index contributed by atoms with van der Waals surface area (Å²) >= 11 is 0. The number of carbonyl (C=O) groups excluding carboxylic acids is 3. The zero-order valence-corrected chi connectivity index (χ0v) is 15.5. The molecule has 0 saturated carbocycles. The first-order valence-corrected chi connectivity index (χ1v) is 8.28. The molecule has 1 heterocycles. The van der Waals surface area contributed by atoms with Crippen LogP contribution in [-0.4, -0.2) is 44.5 Å². The summed E-state index contributed by atoms with van der Waals surface area (Å²) < 4.78 is 6.83. The van der Waals surface area contributed by atoms with Gasteiger partial charge in [-0.05, 0) is 52.8 Å². The summed E-state index contributed by atoms with van der Waals surface area (Å²) in [5, 5.41) is 12.7. The first-order chi connectivity index (χ1) is 12.1. The number of urea groups is 1. The summed E-state index contributed by atoms with van der Waals surface area (Å²) in [4.78, 5) is 35.9. The Balaban J connectivity index is 2.00. The first-order valence-electron chi connectivity index (χ1n) is 8.28. The van der Waals surface area contributed by atoms with Crippen molar-refractivity contribution in [3.05, 3.63) is 23.8 Å². The third-order valence-electron chi connectivity index (χ3n) is 3.43. The zero-order valence-electron chi connectivity index (χ0n) is 15.5. The molecule has 2 aromatic rings. The van der Waals surface area contributed by atoms with E-state index in [-0.39, 0.29) is 5.56 Å². The van der Waals surface area contributed by atoms with Crippen LogP contribution in [0.3, 0.4) is 0 Å². The second-order valence-electron chi connectivity index (χ2n) is 6.85. The number of hydrogen-bond donors (Lipinski definition) is 2. The Morgan fingerprint density at radius 2 is 1.96 bits per heavy atom. The van der Waals surface area contributed by atoms with E-state index in [0.29, 0.717) is 12.1 Å². The predicted octanol–water partition coefficient (Wildman–Crippen LogP) is 1.62. The summed E-state index contributed by atoms with van der Waals surface area (Å²) in [5.41, 5.74) is 1.12. The molecule has 0 unspecified atom stereocenters. The molecule has 2 N–H and O–H groups in total. The average Bonchev–Trinajstić information content (AvgIpc) is 2.94. The van der Waals surface area contributed by atoms with Gasteiger partial charge in [0.15, 0.2) is 6.10 Å². The highest BCUT2D eigenvalue weighted by molar-refractivity contribution is 5.99. The van der Waals surface area contributed by atoms with Gasteiger partial charge in [0, 0.05) is 12.1 Å². The molecule has 0 fully saturated rings. The minimum Gasteiger partial charge on any atom is -0.449 e. The maximum atomic E-state index is 12.2. The highest BCUT2D eigenvalue weighted by Gasteiger charge is 2.23. The molecule has 1 atom stereocenters. The van der Waals surface area contributed by atoms with E-state index in [9.17, 15) is 14.4 Å². The summed E-state index contributed by atoms with van der Waals surface area (Å²) in [7, 11) is 0. The molecular weight excluding hydrogens is 338 g/mol. The van der Waals surface area contributed by atoms with E-state index in [1.807, 2.05) is 6.92 Å². The molecule has 0 bridgehead atoms. The number of esters is 1. The van der Waals surface area contributed by atoms with E-state index in [0.717, 1.165) is 5.52 Å². The molecule has 140 valence electrons. The number of nitrogens with zero attached hydrogens (tertiary/aromatic N) is 3. The van der Waals surface area contributed by atoms with Crippen molar-refractivity contribution in [1.29, 1.82) is 0 Å². The van der Waals surface area contributed by atoms with E-state index in [1.165, 1.54) is 6.92 Å². The summed E-state index contributed by atoms with van der Waals surface area (Å²) in [5.74, 6) is -1.39. The molecule has 0 aliphatic carbocycles. The van der Waals surface area contributed by atoms with Crippen LogP contribution in [0.2, 0.25) is 0 Å². The lowest BCUT2D eigenvalue weighted by Crippen LogP contribution is -2.50. The van der Waals surface area contributed by atoms with Gasteiger partial charge in [0.1, 0.15) is 5.52 Å². The largest absolute Gasteiger partial charge is 0.449 e. The molecule has 1 aromatic carbocycles. The lowest BCUT2D eigenvalue weighted by Gasteiger charge is -2.21. The van der Waals surface area contributed by atoms with Crippen molar-refractivity contribution < 1.29 is 19.1 Å². The third kappa shape index (κ3) is 4.78. The number of fused-ring (bicyclic) bond motifs is 1. The molecule has 0 saturated heterocycles. The molecule has 0 aliphatic rings. The maximum absolute atomic E-state index is 12.2. The van der Waals surface area contributed by atoms with Gasteiger partial charge in [0.2, 0.25) is 0 Å². The molecule has 9 nitrogen and oxygen atoms in total. The number of aryl methyl sites for hydroxylation is 1. The van der Waals surface area contributed by atoms with Crippen LogP contribution in [0.25, 0.3) is 11.0 Å². The van der Waals surface area contributed by atoms with Crippen LogP contribution in [-0.2, 0) is 16.1 Å². The predicted molar refractivity (Wildman–Crippen MR) is 94.5 cm³/mol. The number of benzene rings is 1. The summed E-state index contributed by atoms with van der Waals surface area (Å²) in [6.07, 6.45) is -1.13. The topological polar surface area (TPSA) is 115 Å². The number of nitrogens with one attached hydrogen (secondary N) is 2. The molecule has 0 aliphatic heterocycles. The van der Waals surface area contributed by atoms with Crippen molar-refractivity contribution in [3.8, 4) is 0 Å². The van der Waals surface area contributed by atoms with Crippen LogP contribution < -0.4 is 10.6 Å². The fourth-order valence-electron chi connectivity index (χ4n) is 2.20. The van der Waals surface area contributed by atoms with Gasteiger partial charge in [-0.15, -0.1) is 5.10 Å². The Morgan fingerprint density at radius 1 is 1.27 bits per heavy atom. The van der Waals surface area contributed by atoms with Crippen molar-refractivity contribution in [2.24, 2.45) is 0 Å². The van der Waals surface area contributed by atoms with Gasteiger partial charge in [-0.3, -0.25) is 10.1 Å². The van der Waals surface area contributed by atoms with Gasteiger partial charge >= 0.3 is 12.0 Å². The van der Waals surface area contributed by atoms with E-state index >= 15 is 0 Å². The van der Waals surface area contributed by atoms with Gasteiger partial charge in [0.05, 0.1) is 11.1 Å². The van der Waals surface area contributed by atoms with Gasteiger partial charge < -0.3 is 10.1 Å². The SMILES string of the molecule is CCn1nnc2cc(C(=O)O[C@H](C)C(=O)NC(=O)NC(C)(C)C)ccc21. The molecule has 3 amide bonds. The minimum atomic E-state index is -1.13. The van der Waals surface area contributed by atoms with Crippen LogP contribution in [0.4, 0.5) is 4.79 Å². The quantitative estimate of drug-likeness (QED) is 0.800. The van der Waals surface area contributed by atoms with E-state index in [1.54, 1.807) is 43.7 Å². The minimum absolute atomic E-state index is 0.249. The zero-order chi connectivity index (χ0) is 19.5. The Labute approximate surface area is 151 Å². The highest BCUT2D eigenvalue weighted by Crippen LogP contribution is 2.15. The number of ether oxygens (including phenoxy) is 1. The number of rotatable bonds is 4. The lowest BCUT2D eigenvalue weighted by atomic mass is 10.1. The average molecular weight is 361 g/mol. The van der Waals surface area contributed by atoms with Crippen molar-refractivity contribution in [3.63, 3.8) is 0 Å². The molecular formula is C17H23N5O4. The Hall–Kier alpha value is -2.97. The standard InChI is InChI=1S/C17H23N5O4/c1-6-22-13-8-7-11(9-12(13)20-21-22)15(24)26-10(2)14(23)18-16(25)19-17(3,4)5/h7-10H,6H2,1-5H3,(H2,18,19,23,25)/t10-/m1/s1. The highest BCUT2D eigenvalue weighted by atomic mass is 16.5. The third-order valence-corrected chi connectivity index (χ3v) is 3.43. The van der Waals surface area contributed by atoms with Crippen molar-refractivity contribution in [2.45, 2.75) is 52.8 Å². The van der Waals surface area contributed by atoms with Crippen LogP contribution in [0.5, 0.6) is 0 Å². The van der Waals surface area contributed by atoms with Crippen LogP contribution in [0.15, 0.2) is 18.2 Å². The number of imide groups is 1. The summed E-state index contributed by atoms with van der Waals surface area (Å²) in [6.45, 7) is 9.34. The second-order valence-corrected chi connectivity index (χ2v) is 6.85. The maximum Gasteiger partial charge on any atom is 0.338 e. The summed E-state index contributed by atoms with van der Waals surface area (Å²) in [6, 6.07) is 4.20. The fraction of sp³-hybridized carbons (Fsp3) is 0.471. The Kier molecular flexibility index (Phi) is 5.59. The lowest BCUT2D eigenvalue weighted by molar-refractivity contribution is -0.127. The molecule has 26 heavy (non-hydrogen) atoms. The van der Waals surface area contributed by atoms with Crippen LogP contribution >= 0.6 is 0 Å².